The van der Waals surface area contributed by atoms with Gasteiger partial charge in [-0.15, -0.1) is 0 Å². The number of benzene rings is 5. The number of rotatable bonds is 2. The summed E-state index contributed by atoms with van der Waals surface area (Å²) in [6.07, 6.45) is 13.8. The maximum absolute atomic E-state index is 6.74. The quantitative estimate of drug-likeness (QED) is 0.162. The second-order valence-corrected chi connectivity index (χ2v) is 25.6. The molecule has 3 fully saturated rings. The van der Waals surface area contributed by atoms with Gasteiger partial charge in [-0.1, -0.05) is 130 Å². The van der Waals surface area contributed by atoms with E-state index in [1.54, 1.807) is 27.7 Å². The summed E-state index contributed by atoms with van der Waals surface area (Å²) in [4.78, 5) is 8.87. The minimum absolute atomic E-state index is 0.00991. The summed E-state index contributed by atoms with van der Waals surface area (Å²) in [5, 5.41) is 2.41. The molecule has 0 bridgehead atoms. The van der Waals surface area contributed by atoms with Gasteiger partial charge in [-0.25, -0.2) is 0 Å². The summed E-state index contributed by atoms with van der Waals surface area (Å²) in [5.41, 5.74) is 20.5. The molecule has 4 aliphatic heterocycles. The molecule has 0 radical (unpaired) electrons. The molecule has 0 amide bonds. The molecular weight excluding hydrogens is 802 g/mol. The molecule has 3 saturated carbocycles. The van der Waals surface area contributed by atoms with Crippen molar-refractivity contribution >= 4 is 68.0 Å². The standard InChI is InChI=1S/C61H72BN3O/c1-37-30-50-54-51(31-37)65-55-45(59(9)27-15-17-29-61(59,65)11)33-39(57(5,6)7)34-47(55)62(54)46-24-22-41(35-49(46)63(50)40-21-23-43-42-18-12-13-19-52(42)66-53(43)36-40)64-48-25-20-38(56(2,3)4)32-44(48)58(8)26-14-16-28-60(58,64)10/h12-13,18-21,23,25,30-34,36,41,46,49H,14-17,22,24,26-29,35H2,1-11H3. The van der Waals surface area contributed by atoms with Crippen LogP contribution in [0.1, 0.15) is 168 Å². The Morgan fingerprint density at radius 3 is 2.05 bits per heavy atom. The van der Waals surface area contributed by atoms with Crippen LogP contribution in [0.2, 0.25) is 5.82 Å². The Balaban J connectivity index is 1.04. The van der Waals surface area contributed by atoms with Crippen molar-refractivity contribution in [2.75, 3.05) is 14.7 Å². The lowest BCUT2D eigenvalue weighted by Gasteiger charge is -2.58. The van der Waals surface area contributed by atoms with E-state index in [1.807, 2.05) is 0 Å². The van der Waals surface area contributed by atoms with Crippen molar-refractivity contribution in [3.05, 3.63) is 113 Å². The Labute approximate surface area is 395 Å². The number of furan rings is 1. The molecule has 7 aliphatic rings. The first-order valence-electron chi connectivity index (χ1n) is 26.1. The van der Waals surface area contributed by atoms with E-state index in [4.69, 9.17) is 4.42 Å². The van der Waals surface area contributed by atoms with Crippen molar-refractivity contribution in [1.82, 2.24) is 0 Å². The molecule has 13 rings (SSSR count). The highest BCUT2D eigenvalue weighted by Crippen LogP contribution is 2.65. The van der Waals surface area contributed by atoms with Crippen LogP contribution in [-0.4, -0.2) is 29.9 Å². The van der Waals surface area contributed by atoms with E-state index in [1.165, 1.54) is 114 Å². The summed E-state index contributed by atoms with van der Waals surface area (Å²) in [6, 6.07) is 34.9. The first-order valence-corrected chi connectivity index (χ1v) is 26.1. The van der Waals surface area contributed by atoms with Crippen LogP contribution in [0.5, 0.6) is 0 Å². The Morgan fingerprint density at radius 1 is 0.621 bits per heavy atom. The molecule has 66 heavy (non-hydrogen) atoms. The van der Waals surface area contributed by atoms with E-state index in [2.05, 4.69) is 176 Å². The minimum Gasteiger partial charge on any atom is -0.456 e. The molecule has 0 spiro atoms. The van der Waals surface area contributed by atoms with Crippen molar-refractivity contribution in [2.45, 2.75) is 197 Å². The fourth-order valence-corrected chi connectivity index (χ4v) is 16.2. The van der Waals surface area contributed by atoms with Crippen LogP contribution >= 0.6 is 0 Å². The molecular formula is C61H72BN3O. The number of fused-ring (bicyclic) bond motifs is 13. The monoisotopic (exact) mass is 874 g/mol. The Morgan fingerprint density at radius 2 is 1.29 bits per heavy atom. The average molecular weight is 874 g/mol. The third-order valence-corrected chi connectivity index (χ3v) is 20.2. The van der Waals surface area contributed by atoms with E-state index in [-0.39, 0.29) is 32.7 Å². The SMILES string of the molecule is Cc1cc2c3c(c1)N1c4c(cc(C(C)(C)C)cc4C4(C)CCCCC14C)B3C1CCC(N3c4ccc(C(C)(C)C)cc4C4(C)CCCCC34C)CC1N2c1ccc2c(c1)oc1ccccc12. The number of hydrogen-bond donors (Lipinski definition) is 0. The second-order valence-electron chi connectivity index (χ2n) is 25.6. The zero-order valence-electron chi connectivity index (χ0n) is 41.9. The maximum Gasteiger partial charge on any atom is 0.222 e. The van der Waals surface area contributed by atoms with E-state index in [0.29, 0.717) is 24.6 Å². The van der Waals surface area contributed by atoms with Gasteiger partial charge in [0, 0.05) is 73.7 Å². The first-order chi connectivity index (χ1) is 31.4. The number of aryl methyl sites for hydroxylation is 1. The average Bonchev–Trinajstić information content (AvgIpc) is 3.82. The molecule has 5 heterocycles. The highest BCUT2D eigenvalue weighted by atomic mass is 16.3. The highest BCUT2D eigenvalue weighted by molar-refractivity contribution is 6.91. The molecule has 1 aromatic heterocycles. The fraction of sp³-hybridized carbons (Fsp3) is 0.508. The first kappa shape index (κ1) is 41.5. The van der Waals surface area contributed by atoms with Crippen molar-refractivity contribution in [2.24, 2.45) is 0 Å². The van der Waals surface area contributed by atoms with Crippen LogP contribution in [0.15, 0.2) is 89.3 Å². The predicted octanol–water partition coefficient (Wildman–Crippen LogP) is 14.7. The zero-order valence-corrected chi connectivity index (χ0v) is 41.9. The van der Waals surface area contributed by atoms with Crippen LogP contribution in [0.4, 0.5) is 28.4 Å². The van der Waals surface area contributed by atoms with Gasteiger partial charge >= 0.3 is 0 Å². The Hall–Kier alpha value is -4.64. The lowest BCUT2D eigenvalue weighted by molar-refractivity contribution is 0.163. The number of para-hydroxylation sites is 1. The molecule has 340 valence electrons. The van der Waals surface area contributed by atoms with Gasteiger partial charge < -0.3 is 19.1 Å². The minimum atomic E-state index is 0.00991. The van der Waals surface area contributed by atoms with E-state index < -0.39 is 0 Å². The van der Waals surface area contributed by atoms with Crippen LogP contribution < -0.4 is 25.6 Å². The zero-order chi connectivity index (χ0) is 45.7. The lowest BCUT2D eigenvalue weighted by atomic mass is 9.27. The van der Waals surface area contributed by atoms with Crippen LogP contribution in [-0.2, 0) is 21.7 Å². The van der Waals surface area contributed by atoms with E-state index >= 15 is 0 Å². The number of hydrogen-bond acceptors (Lipinski definition) is 4. The normalized spacial score (nSPS) is 30.9. The summed E-state index contributed by atoms with van der Waals surface area (Å²) in [7, 11) is 0. The van der Waals surface area contributed by atoms with Gasteiger partial charge in [0.2, 0.25) is 6.71 Å². The van der Waals surface area contributed by atoms with Gasteiger partial charge in [0.15, 0.2) is 0 Å². The predicted molar refractivity (Wildman–Crippen MR) is 281 cm³/mol. The van der Waals surface area contributed by atoms with Crippen LogP contribution in [0.3, 0.4) is 0 Å². The molecule has 4 nitrogen and oxygen atoms in total. The molecule has 0 saturated heterocycles. The molecule has 7 atom stereocenters. The van der Waals surface area contributed by atoms with E-state index in [9.17, 15) is 0 Å². The fourth-order valence-electron chi connectivity index (χ4n) is 16.2. The topological polar surface area (TPSA) is 22.9 Å². The van der Waals surface area contributed by atoms with Gasteiger partial charge in [-0.05, 0) is 151 Å². The molecule has 3 aliphatic carbocycles. The Bertz CT molecular complexity index is 3040. The Kier molecular flexibility index (Phi) is 8.39. The van der Waals surface area contributed by atoms with E-state index in [0.717, 1.165) is 17.6 Å². The second kappa shape index (κ2) is 13.3. The number of anilines is 5. The van der Waals surface area contributed by atoms with Crippen molar-refractivity contribution in [3.63, 3.8) is 0 Å². The molecule has 7 unspecified atom stereocenters. The number of nitrogens with zero attached hydrogens (tertiary/aromatic N) is 3. The smallest absolute Gasteiger partial charge is 0.222 e. The summed E-state index contributed by atoms with van der Waals surface area (Å²) in [5.74, 6) is 0.460. The van der Waals surface area contributed by atoms with Crippen molar-refractivity contribution < 1.29 is 4.42 Å². The molecule has 0 N–H and O–H groups in total. The lowest BCUT2D eigenvalue weighted by Crippen LogP contribution is -2.67. The van der Waals surface area contributed by atoms with Gasteiger partial charge in [-0.2, -0.15) is 0 Å². The molecule has 5 heteroatoms. The highest BCUT2D eigenvalue weighted by Gasteiger charge is 2.64. The summed E-state index contributed by atoms with van der Waals surface area (Å²) >= 11 is 0. The van der Waals surface area contributed by atoms with Gasteiger partial charge in [0.1, 0.15) is 11.2 Å². The van der Waals surface area contributed by atoms with Crippen molar-refractivity contribution in [1.29, 1.82) is 0 Å². The maximum atomic E-state index is 6.74. The van der Waals surface area contributed by atoms with Gasteiger partial charge in [-0.3, -0.25) is 0 Å². The van der Waals surface area contributed by atoms with Crippen LogP contribution in [0.25, 0.3) is 21.9 Å². The van der Waals surface area contributed by atoms with Gasteiger partial charge in [0.05, 0.1) is 5.54 Å². The third kappa shape index (κ3) is 5.19. The molecule has 6 aromatic rings. The molecule has 5 aromatic carbocycles. The van der Waals surface area contributed by atoms with Crippen molar-refractivity contribution in [3.8, 4) is 0 Å². The third-order valence-electron chi connectivity index (χ3n) is 20.2. The van der Waals surface area contributed by atoms with Gasteiger partial charge in [0.25, 0.3) is 0 Å². The summed E-state index contributed by atoms with van der Waals surface area (Å²) < 4.78 is 6.74. The largest absolute Gasteiger partial charge is 0.456 e. The summed E-state index contributed by atoms with van der Waals surface area (Å²) in [6.45, 7) is 27.8. The van der Waals surface area contributed by atoms with Crippen LogP contribution in [0, 0.1) is 6.92 Å².